The lowest BCUT2D eigenvalue weighted by Gasteiger charge is -2.32. The summed E-state index contributed by atoms with van der Waals surface area (Å²) in [7, 11) is 0. The zero-order valence-electron chi connectivity index (χ0n) is 36.6. The van der Waals surface area contributed by atoms with E-state index in [1.165, 1.54) is 143 Å². The Morgan fingerprint density at radius 1 is 0.209 bits per heavy atom. The molecule has 0 bridgehead atoms. The van der Waals surface area contributed by atoms with E-state index < -0.39 is 5.41 Å². The molecule has 0 heterocycles. The van der Waals surface area contributed by atoms with E-state index in [2.05, 4.69) is 243 Å². The van der Waals surface area contributed by atoms with Crippen molar-refractivity contribution in [1.29, 1.82) is 0 Å². The van der Waals surface area contributed by atoms with Gasteiger partial charge in [-0.25, -0.2) is 0 Å². The molecule has 1 spiro atoms. The SMILES string of the molecule is c1ccc(-c2ccc(-c3c4ccccc4c(-c4ccc5c6c(c7ccccc7c5c4)-c4c(ccc5ccccc45)C64c5ccccc5-c5ccccc54)c4ccccc34)c3ccccc23)cc1. The highest BCUT2D eigenvalue weighted by atomic mass is 14.5. The maximum Gasteiger partial charge on any atom is 0.0732 e. The largest absolute Gasteiger partial charge is 0.0732 e. The summed E-state index contributed by atoms with van der Waals surface area (Å²) in [6.07, 6.45) is 0. The summed E-state index contributed by atoms with van der Waals surface area (Å²) in [5, 5.41) is 15.3. The quantitative estimate of drug-likeness (QED) is 0.123. The second kappa shape index (κ2) is 13.7. The number of rotatable bonds is 3. The Bertz CT molecular complexity index is 4160. The molecule has 308 valence electrons. The number of hydrogen-bond acceptors (Lipinski definition) is 0. The molecule has 2 aliphatic carbocycles. The fourth-order valence-electron chi connectivity index (χ4n) is 12.9. The van der Waals surface area contributed by atoms with Crippen LogP contribution in [-0.2, 0) is 5.41 Å². The molecule has 0 atom stereocenters. The molecule has 0 aromatic heterocycles. The normalized spacial score (nSPS) is 13.2. The van der Waals surface area contributed by atoms with E-state index >= 15 is 0 Å². The highest BCUT2D eigenvalue weighted by Gasteiger charge is 2.53. The average molecular weight is 845 g/mol. The van der Waals surface area contributed by atoms with E-state index in [0.717, 1.165) is 0 Å². The van der Waals surface area contributed by atoms with E-state index in [-0.39, 0.29) is 0 Å². The molecule has 0 heteroatoms. The molecule has 15 rings (SSSR count). The maximum atomic E-state index is 2.53. The van der Waals surface area contributed by atoms with Gasteiger partial charge in [0.25, 0.3) is 0 Å². The second-order valence-electron chi connectivity index (χ2n) is 18.5. The third-order valence-corrected chi connectivity index (χ3v) is 15.4. The van der Waals surface area contributed by atoms with Gasteiger partial charge in [-0.15, -0.1) is 0 Å². The van der Waals surface area contributed by atoms with E-state index in [0.29, 0.717) is 0 Å². The Kier molecular flexibility index (Phi) is 7.52. The van der Waals surface area contributed by atoms with Gasteiger partial charge in [-0.05, 0) is 149 Å². The molecule has 2 aliphatic rings. The van der Waals surface area contributed by atoms with Gasteiger partial charge < -0.3 is 0 Å². The number of benzene rings is 13. The number of fused-ring (bicyclic) bond motifs is 20. The first-order valence-electron chi connectivity index (χ1n) is 23.5. The Balaban J connectivity index is 1.05. The van der Waals surface area contributed by atoms with Gasteiger partial charge in [-0.1, -0.05) is 237 Å². The van der Waals surface area contributed by atoms with Crippen molar-refractivity contribution in [3.8, 4) is 55.6 Å². The monoisotopic (exact) mass is 844 g/mol. The van der Waals surface area contributed by atoms with Crippen molar-refractivity contribution in [2.24, 2.45) is 0 Å². The van der Waals surface area contributed by atoms with Crippen LogP contribution >= 0.6 is 0 Å². The van der Waals surface area contributed by atoms with Crippen LogP contribution in [0.1, 0.15) is 22.3 Å². The fourth-order valence-corrected chi connectivity index (χ4v) is 12.9. The van der Waals surface area contributed by atoms with Crippen LogP contribution in [0.15, 0.2) is 243 Å². The van der Waals surface area contributed by atoms with Gasteiger partial charge in [0, 0.05) is 0 Å². The molecule has 13 aromatic rings. The van der Waals surface area contributed by atoms with Crippen molar-refractivity contribution in [2.75, 3.05) is 0 Å². The summed E-state index contributed by atoms with van der Waals surface area (Å²) in [5.74, 6) is 0. The van der Waals surface area contributed by atoms with Crippen LogP contribution in [0.5, 0.6) is 0 Å². The first-order valence-corrected chi connectivity index (χ1v) is 23.5. The van der Waals surface area contributed by atoms with Crippen molar-refractivity contribution in [3.63, 3.8) is 0 Å². The van der Waals surface area contributed by atoms with Crippen molar-refractivity contribution >= 4 is 64.6 Å². The van der Waals surface area contributed by atoms with Crippen molar-refractivity contribution < 1.29 is 0 Å². The lowest BCUT2D eigenvalue weighted by molar-refractivity contribution is 0.802. The van der Waals surface area contributed by atoms with Gasteiger partial charge in [0.1, 0.15) is 0 Å². The first-order chi connectivity index (χ1) is 33.3. The van der Waals surface area contributed by atoms with E-state index in [1.54, 1.807) is 0 Å². The Hall–Kier alpha value is -8.58. The average Bonchev–Trinajstić information content (AvgIpc) is 3.88. The Morgan fingerprint density at radius 3 is 1.36 bits per heavy atom. The highest BCUT2D eigenvalue weighted by Crippen LogP contribution is 2.66. The number of hydrogen-bond donors (Lipinski definition) is 0. The molecule has 0 unspecified atom stereocenters. The summed E-state index contributed by atoms with van der Waals surface area (Å²) in [6, 6.07) is 91.4. The van der Waals surface area contributed by atoms with Gasteiger partial charge in [0.2, 0.25) is 0 Å². The van der Waals surface area contributed by atoms with E-state index in [9.17, 15) is 0 Å². The molecule has 0 fully saturated rings. The van der Waals surface area contributed by atoms with Crippen LogP contribution in [0, 0.1) is 0 Å². The Morgan fingerprint density at radius 2 is 0.701 bits per heavy atom. The summed E-state index contributed by atoms with van der Waals surface area (Å²) >= 11 is 0. The molecule has 0 saturated heterocycles. The van der Waals surface area contributed by atoms with Crippen molar-refractivity contribution in [2.45, 2.75) is 5.41 Å². The molecular weight excluding hydrogens is 805 g/mol. The standard InChI is InChI=1S/C67H40/c1-2-18-41(19-3-1)44-37-38-56(47-23-7-6-22-46(44)47)63-54-30-12-10-28-52(54)62(53-29-11-13-31-55(53)63)43-34-36-57-58(40-43)48-24-8-9-27-51(48)65-64-45-21-5-4-20-42(45)35-39-61(64)67(66(57)65)59-32-16-14-25-49(59)50-26-15-17-33-60(50)67/h1-40H. The first kappa shape index (κ1) is 36.7. The Labute approximate surface area is 388 Å². The fraction of sp³-hybridized carbons (Fsp3) is 0.0149. The topological polar surface area (TPSA) is 0 Å². The molecular formula is C67H40. The maximum absolute atomic E-state index is 2.53. The summed E-state index contributed by atoms with van der Waals surface area (Å²) in [5.41, 5.74) is 17.9. The summed E-state index contributed by atoms with van der Waals surface area (Å²) < 4.78 is 0. The molecule has 0 saturated carbocycles. The molecule has 0 aliphatic heterocycles. The third-order valence-electron chi connectivity index (χ3n) is 15.4. The summed E-state index contributed by atoms with van der Waals surface area (Å²) in [4.78, 5) is 0. The second-order valence-corrected chi connectivity index (χ2v) is 18.5. The van der Waals surface area contributed by atoms with Crippen LogP contribution in [0.3, 0.4) is 0 Å². The minimum Gasteiger partial charge on any atom is -0.0622 e. The van der Waals surface area contributed by atoms with Crippen LogP contribution < -0.4 is 0 Å². The van der Waals surface area contributed by atoms with Gasteiger partial charge >= 0.3 is 0 Å². The molecule has 0 nitrogen and oxygen atoms in total. The predicted molar refractivity (Wildman–Crippen MR) is 284 cm³/mol. The lowest BCUT2D eigenvalue weighted by atomic mass is 9.69. The zero-order chi connectivity index (χ0) is 43.8. The molecule has 13 aromatic carbocycles. The smallest absolute Gasteiger partial charge is 0.0622 e. The van der Waals surface area contributed by atoms with Gasteiger partial charge in [-0.3, -0.25) is 0 Å². The summed E-state index contributed by atoms with van der Waals surface area (Å²) in [6.45, 7) is 0. The molecule has 0 radical (unpaired) electrons. The van der Waals surface area contributed by atoms with Crippen LogP contribution in [0.25, 0.3) is 120 Å². The highest BCUT2D eigenvalue weighted by molar-refractivity contribution is 6.27. The van der Waals surface area contributed by atoms with Crippen molar-refractivity contribution in [3.05, 3.63) is 265 Å². The molecule has 67 heavy (non-hydrogen) atoms. The zero-order valence-corrected chi connectivity index (χ0v) is 36.6. The minimum absolute atomic E-state index is 0.494. The van der Waals surface area contributed by atoms with E-state index in [4.69, 9.17) is 0 Å². The minimum atomic E-state index is -0.494. The van der Waals surface area contributed by atoms with Crippen LogP contribution in [0.2, 0.25) is 0 Å². The van der Waals surface area contributed by atoms with Crippen LogP contribution in [0.4, 0.5) is 0 Å². The third kappa shape index (κ3) is 4.81. The molecule has 0 N–H and O–H groups in total. The van der Waals surface area contributed by atoms with Gasteiger partial charge in [0.15, 0.2) is 0 Å². The predicted octanol–water partition coefficient (Wildman–Crippen LogP) is 18.0. The molecule has 0 amide bonds. The van der Waals surface area contributed by atoms with Crippen LogP contribution in [-0.4, -0.2) is 0 Å². The van der Waals surface area contributed by atoms with Gasteiger partial charge in [-0.2, -0.15) is 0 Å². The van der Waals surface area contributed by atoms with Gasteiger partial charge in [0.05, 0.1) is 5.41 Å². The van der Waals surface area contributed by atoms with E-state index in [1.807, 2.05) is 0 Å². The van der Waals surface area contributed by atoms with Crippen molar-refractivity contribution in [1.82, 2.24) is 0 Å². The lowest BCUT2D eigenvalue weighted by Crippen LogP contribution is -2.26.